The van der Waals surface area contributed by atoms with Crippen LogP contribution in [0.15, 0.2) is 0 Å². The summed E-state index contributed by atoms with van der Waals surface area (Å²) in [5.74, 6) is 4.95. The monoisotopic (exact) mass is 288 g/mol. The zero-order valence-corrected chi connectivity index (χ0v) is 14.2. The van der Waals surface area contributed by atoms with Gasteiger partial charge >= 0.3 is 0 Å². The average molecular weight is 288 g/mol. The van der Waals surface area contributed by atoms with Crippen LogP contribution in [0.5, 0.6) is 0 Å². The Morgan fingerprint density at radius 3 is 2.67 bits per heavy atom. The largest absolute Gasteiger partial charge is 0.300 e. The molecule has 21 heavy (non-hydrogen) atoms. The van der Waals surface area contributed by atoms with Crippen LogP contribution in [0.3, 0.4) is 0 Å². The molecule has 0 radical (unpaired) electrons. The van der Waals surface area contributed by atoms with Gasteiger partial charge in [0.25, 0.3) is 0 Å². The molecule has 0 saturated heterocycles. The molecule has 4 aliphatic carbocycles. The molecule has 118 valence electrons. The Hall–Kier alpha value is -0.330. The lowest BCUT2D eigenvalue weighted by atomic mass is 9.43. The quantitative estimate of drug-likeness (QED) is 0.596. The Kier molecular flexibility index (Phi) is 3.12. The van der Waals surface area contributed by atoms with Gasteiger partial charge in [-0.15, -0.1) is 0 Å². The second-order valence-corrected chi connectivity index (χ2v) is 9.53. The van der Waals surface area contributed by atoms with Gasteiger partial charge in [0.1, 0.15) is 5.78 Å². The van der Waals surface area contributed by atoms with Crippen molar-refractivity contribution in [2.75, 3.05) is 0 Å². The summed E-state index contributed by atoms with van der Waals surface area (Å²) in [7, 11) is 0. The van der Waals surface area contributed by atoms with Crippen LogP contribution < -0.4 is 0 Å². The molecule has 0 aliphatic heterocycles. The molecular formula is C20H32O. The molecule has 1 unspecified atom stereocenters. The first-order chi connectivity index (χ1) is 9.94. The molecule has 0 bridgehead atoms. The molecule has 0 aromatic heterocycles. The number of carbonyl (C=O) groups excluding carboxylic acids is 1. The number of carbonyl (C=O) groups is 1. The van der Waals surface area contributed by atoms with Gasteiger partial charge in [-0.25, -0.2) is 0 Å². The predicted molar refractivity (Wildman–Crippen MR) is 85.9 cm³/mol. The van der Waals surface area contributed by atoms with Gasteiger partial charge in [-0.2, -0.15) is 0 Å². The van der Waals surface area contributed by atoms with Crippen molar-refractivity contribution in [3.05, 3.63) is 0 Å². The van der Waals surface area contributed by atoms with Crippen LogP contribution in [-0.4, -0.2) is 5.78 Å². The Balaban J connectivity index is 1.68. The minimum absolute atomic E-state index is 0.481. The van der Waals surface area contributed by atoms with Crippen LogP contribution in [0.2, 0.25) is 0 Å². The van der Waals surface area contributed by atoms with E-state index in [0.717, 1.165) is 36.5 Å². The highest BCUT2D eigenvalue weighted by Gasteiger charge is 2.59. The third-order valence-electron chi connectivity index (χ3n) is 8.62. The molecule has 0 aromatic rings. The van der Waals surface area contributed by atoms with E-state index in [1.54, 1.807) is 0 Å². The van der Waals surface area contributed by atoms with Crippen molar-refractivity contribution in [3.8, 4) is 0 Å². The fourth-order valence-electron chi connectivity index (χ4n) is 7.42. The molecule has 0 amide bonds. The standard InChI is InChI=1S/C20H32O/c1-13-11-14-12-15(21)6-10-20(14,3)17-7-9-19(2)8-4-5-16(19)18(13)17/h13-14,16-18H,4-12H2,1-3H3/t13-,14?,16+,17+,18+,19+,20+/m1/s1. The fourth-order valence-corrected chi connectivity index (χ4v) is 7.42. The van der Waals surface area contributed by atoms with Crippen LogP contribution in [0, 0.1) is 40.4 Å². The first kappa shape index (κ1) is 14.3. The molecule has 4 rings (SSSR count). The average Bonchev–Trinajstić information content (AvgIpc) is 2.82. The molecule has 1 nitrogen and oxygen atoms in total. The van der Waals surface area contributed by atoms with Crippen molar-refractivity contribution >= 4 is 5.78 Å². The van der Waals surface area contributed by atoms with Crippen molar-refractivity contribution in [2.45, 2.75) is 78.6 Å². The molecule has 1 heteroatoms. The lowest BCUT2D eigenvalue weighted by Crippen LogP contribution is -2.55. The molecule has 4 aliphatic rings. The van der Waals surface area contributed by atoms with Gasteiger partial charge in [0.05, 0.1) is 0 Å². The van der Waals surface area contributed by atoms with Crippen LogP contribution in [0.25, 0.3) is 0 Å². The van der Waals surface area contributed by atoms with Crippen LogP contribution in [0.4, 0.5) is 0 Å². The summed E-state index contributed by atoms with van der Waals surface area (Å²) in [6, 6.07) is 0. The van der Waals surface area contributed by atoms with Crippen molar-refractivity contribution in [3.63, 3.8) is 0 Å². The highest BCUT2D eigenvalue weighted by molar-refractivity contribution is 5.79. The molecule has 4 fully saturated rings. The maximum Gasteiger partial charge on any atom is 0.133 e. The second-order valence-electron chi connectivity index (χ2n) is 9.53. The first-order valence-corrected chi connectivity index (χ1v) is 9.46. The normalized spacial score (nSPS) is 56.5. The number of rotatable bonds is 0. The summed E-state index contributed by atoms with van der Waals surface area (Å²) in [6.07, 6.45) is 11.6. The van der Waals surface area contributed by atoms with Crippen molar-refractivity contribution in [2.24, 2.45) is 40.4 Å². The van der Waals surface area contributed by atoms with Gasteiger partial charge < -0.3 is 0 Å². The van der Waals surface area contributed by atoms with E-state index in [2.05, 4.69) is 20.8 Å². The van der Waals surface area contributed by atoms with Gasteiger partial charge in [0, 0.05) is 12.8 Å². The van der Waals surface area contributed by atoms with E-state index < -0.39 is 0 Å². The highest BCUT2D eigenvalue weighted by atomic mass is 16.1. The van der Waals surface area contributed by atoms with Crippen molar-refractivity contribution < 1.29 is 4.79 Å². The summed E-state index contributed by atoms with van der Waals surface area (Å²) in [5.41, 5.74) is 1.14. The summed E-state index contributed by atoms with van der Waals surface area (Å²) in [6.45, 7) is 7.66. The maximum atomic E-state index is 12.0. The third-order valence-corrected chi connectivity index (χ3v) is 8.62. The van der Waals surface area contributed by atoms with E-state index >= 15 is 0 Å². The molecule has 0 aromatic carbocycles. The molecule has 7 atom stereocenters. The molecular weight excluding hydrogens is 256 g/mol. The van der Waals surface area contributed by atoms with E-state index in [4.69, 9.17) is 0 Å². The number of fused-ring (bicyclic) bond motifs is 5. The van der Waals surface area contributed by atoms with E-state index in [9.17, 15) is 4.79 Å². The van der Waals surface area contributed by atoms with Crippen LogP contribution in [0.1, 0.15) is 78.6 Å². The highest BCUT2D eigenvalue weighted by Crippen LogP contribution is 2.67. The smallest absolute Gasteiger partial charge is 0.133 e. The minimum Gasteiger partial charge on any atom is -0.300 e. The van der Waals surface area contributed by atoms with Crippen LogP contribution >= 0.6 is 0 Å². The second kappa shape index (κ2) is 4.59. The SMILES string of the molecule is C[C@@H]1CC2CC(=O)CC[C@]2(C)[C@H]2CC[C@]3(C)CCC[C@H]3[C@H]12. The minimum atomic E-state index is 0.481. The Labute approximate surface area is 130 Å². The van der Waals surface area contributed by atoms with Crippen molar-refractivity contribution in [1.82, 2.24) is 0 Å². The van der Waals surface area contributed by atoms with Gasteiger partial charge in [0.15, 0.2) is 0 Å². The Bertz CT molecular complexity index is 455. The van der Waals surface area contributed by atoms with Crippen LogP contribution in [-0.2, 0) is 4.79 Å². The van der Waals surface area contributed by atoms with Gasteiger partial charge in [-0.3, -0.25) is 4.79 Å². The summed E-state index contributed by atoms with van der Waals surface area (Å²) < 4.78 is 0. The topological polar surface area (TPSA) is 17.1 Å². The molecule has 0 spiro atoms. The number of ketones is 1. The first-order valence-electron chi connectivity index (χ1n) is 9.46. The Morgan fingerprint density at radius 2 is 1.86 bits per heavy atom. The number of Topliss-reactive ketones (excluding diaryl/α,β-unsaturated/α-hetero) is 1. The lowest BCUT2D eigenvalue weighted by molar-refractivity contribution is -0.146. The Morgan fingerprint density at radius 1 is 1.05 bits per heavy atom. The fraction of sp³-hybridized carbons (Fsp3) is 0.950. The molecule has 4 saturated carbocycles. The summed E-state index contributed by atoms with van der Waals surface area (Å²) in [5, 5.41) is 0. The van der Waals surface area contributed by atoms with E-state index in [1.807, 2.05) is 0 Å². The number of hydrogen-bond donors (Lipinski definition) is 0. The van der Waals surface area contributed by atoms with Crippen molar-refractivity contribution in [1.29, 1.82) is 0 Å². The summed E-state index contributed by atoms with van der Waals surface area (Å²) >= 11 is 0. The van der Waals surface area contributed by atoms with Gasteiger partial charge in [0.2, 0.25) is 0 Å². The van der Waals surface area contributed by atoms with E-state index in [0.29, 0.717) is 22.5 Å². The zero-order valence-electron chi connectivity index (χ0n) is 14.2. The molecule has 0 N–H and O–H groups in total. The zero-order chi connectivity index (χ0) is 14.8. The number of hydrogen-bond acceptors (Lipinski definition) is 1. The summed E-state index contributed by atoms with van der Waals surface area (Å²) in [4.78, 5) is 12.0. The predicted octanol–water partition coefficient (Wildman–Crippen LogP) is 5.23. The molecule has 0 heterocycles. The van der Waals surface area contributed by atoms with E-state index in [1.165, 1.54) is 44.9 Å². The lowest BCUT2D eigenvalue weighted by Gasteiger charge is -2.61. The van der Waals surface area contributed by atoms with Gasteiger partial charge in [-0.05, 0) is 78.9 Å². The van der Waals surface area contributed by atoms with E-state index in [-0.39, 0.29) is 0 Å². The van der Waals surface area contributed by atoms with Gasteiger partial charge in [-0.1, -0.05) is 27.2 Å². The maximum absolute atomic E-state index is 12.0. The third kappa shape index (κ3) is 1.91.